The molecular formula is C16H21FN2O5S. The van der Waals surface area contributed by atoms with E-state index in [4.69, 9.17) is 5.11 Å². The van der Waals surface area contributed by atoms with E-state index in [-0.39, 0.29) is 29.5 Å². The van der Waals surface area contributed by atoms with Crippen molar-refractivity contribution in [1.29, 1.82) is 0 Å². The fourth-order valence-electron chi connectivity index (χ4n) is 2.50. The number of nitrogens with one attached hydrogen (secondary N) is 1. The number of hydrogen-bond donors (Lipinski definition) is 2. The van der Waals surface area contributed by atoms with Crippen molar-refractivity contribution in [1.82, 2.24) is 9.62 Å². The van der Waals surface area contributed by atoms with Gasteiger partial charge in [-0.3, -0.25) is 4.79 Å². The van der Waals surface area contributed by atoms with Crippen molar-refractivity contribution < 1.29 is 27.5 Å². The number of likely N-dealkylation sites (tertiary alicyclic amines) is 1. The van der Waals surface area contributed by atoms with Gasteiger partial charge < -0.3 is 10.0 Å². The van der Waals surface area contributed by atoms with Crippen LogP contribution in [0.5, 0.6) is 0 Å². The van der Waals surface area contributed by atoms with Gasteiger partial charge in [0.1, 0.15) is 0 Å². The first-order valence-corrected chi connectivity index (χ1v) is 9.41. The molecule has 0 saturated carbocycles. The smallest absolute Gasteiger partial charge is 0.343 e. The van der Waals surface area contributed by atoms with Crippen molar-refractivity contribution in [2.45, 2.75) is 43.3 Å². The lowest BCUT2D eigenvalue weighted by Crippen LogP contribution is -2.38. The molecule has 1 aliphatic heterocycles. The van der Waals surface area contributed by atoms with E-state index in [9.17, 15) is 22.4 Å². The molecule has 1 saturated heterocycles. The molecule has 1 heterocycles. The van der Waals surface area contributed by atoms with Crippen LogP contribution in [-0.4, -0.2) is 55.1 Å². The highest BCUT2D eigenvalue weighted by Gasteiger charge is 2.47. The Morgan fingerprint density at radius 1 is 1.36 bits per heavy atom. The zero-order valence-corrected chi connectivity index (χ0v) is 14.8. The van der Waals surface area contributed by atoms with Gasteiger partial charge in [0.05, 0.1) is 11.4 Å². The van der Waals surface area contributed by atoms with Crippen molar-refractivity contribution in [3.05, 3.63) is 29.8 Å². The molecule has 0 aliphatic carbocycles. The fourth-order valence-corrected chi connectivity index (χ4v) is 3.82. The maximum Gasteiger partial charge on any atom is 0.343 e. The van der Waals surface area contributed by atoms with Crippen LogP contribution in [0.3, 0.4) is 0 Å². The van der Waals surface area contributed by atoms with Gasteiger partial charge in [0.15, 0.2) is 0 Å². The summed E-state index contributed by atoms with van der Waals surface area (Å²) in [5.41, 5.74) is -2.25. The maximum absolute atomic E-state index is 14.1. The van der Waals surface area contributed by atoms with E-state index in [1.807, 2.05) is 6.92 Å². The molecule has 1 aromatic rings. The van der Waals surface area contributed by atoms with E-state index in [1.165, 1.54) is 24.3 Å². The fraction of sp³-hybridized carbons (Fsp3) is 0.500. The Kier molecular flexibility index (Phi) is 5.48. The second-order valence-corrected chi connectivity index (χ2v) is 7.92. The minimum atomic E-state index is -3.68. The molecule has 2 unspecified atom stereocenters. The topological polar surface area (TPSA) is 104 Å². The van der Waals surface area contributed by atoms with Crippen LogP contribution in [0, 0.1) is 0 Å². The number of carbonyl (C=O) groups excluding carboxylic acids is 1. The Morgan fingerprint density at radius 3 is 2.44 bits per heavy atom. The summed E-state index contributed by atoms with van der Waals surface area (Å²) in [7, 11) is -3.68. The lowest BCUT2D eigenvalue weighted by Gasteiger charge is -2.18. The molecule has 7 nitrogen and oxygen atoms in total. The van der Waals surface area contributed by atoms with Gasteiger partial charge in [0.2, 0.25) is 15.7 Å². The molecule has 1 aromatic carbocycles. The Balaban J connectivity index is 2.13. The molecule has 0 radical (unpaired) electrons. The minimum Gasteiger partial charge on any atom is -0.479 e. The van der Waals surface area contributed by atoms with Crippen LogP contribution in [0.25, 0.3) is 0 Å². The first-order chi connectivity index (χ1) is 11.6. The summed E-state index contributed by atoms with van der Waals surface area (Å²) < 4.78 is 40.9. The average Bonchev–Trinajstić information content (AvgIpc) is 2.97. The van der Waals surface area contributed by atoms with Crippen LogP contribution < -0.4 is 4.72 Å². The van der Waals surface area contributed by atoms with Crippen molar-refractivity contribution in [2.75, 3.05) is 13.1 Å². The molecule has 138 valence electrons. The van der Waals surface area contributed by atoms with E-state index >= 15 is 0 Å². The van der Waals surface area contributed by atoms with Gasteiger partial charge in [-0.1, -0.05) is 6.92 Å². The lowest BCUT2D eigenvalue weighted by atomic mass is 10.1. The summed E-state index contributed by atoms with van der Waals surface area (Å²) in [6, 6.07) is 5.06. The van der Waals surface area contributed by atoms with Gasteiger partial charge >= 0.3 is 5.97 Å². The number of benzene rings is 1. The van der Waals surface area contributed by atoms with E-state index in [2.05, 4.69) is 4.72 Å². The van der Waals surface area contributed by atoms with E-state index in [0.29, 0.717) is 6.42 Å². The largest absolute Gasteiger partial charge is 0.479 e. The molecule has 0 aromatic heterocycles. The zero-order valence-electron chi connectivity index (χ0n) is 14.0. The summed E-state index contributed by atoms with van der Waals surface area (Å²) in [5, 5.41) is 8.87. The number of nitrogens with zero attached hydrogens (tertiary/aromatic N) is 1. The number of rotatable bonds is 6. The van der Waals surface area contributed by atoms with Crippen molar-refractivity contribution >= 4 is 21.9 Å². The van der Waals surface area contributed by atoms with Crippen LogP contribution in [-0.2, 0) is 14.8 Å². The molecule has 2 N–H and O–H groups in total. The van der Waals surface area contributed by atoms with Crippen LogP contribution in [0.4, 0.5) is 4.39 Å². The van der Waals surface area contributed by atoms with E-state index < -0.39 is 34.1 Å². The first kappa shape index (κ1) is 19.3. The summed E-state index contributed by atoms with van der Waals surface area (Å²) in [5.74, 6) is -2.11. The molecule has 0 bridgehead atoms. The van der Waals surface area contributed by atoms with Crippen LogP contribution in [0.15, 0.2) is 29.2 Å². The Bertz CT molecular complexity index is 765. The molecule has 2 atom stereocenters. The van der Waals surface area contributed by atoms with Gasteiger partial charge in [0, 0.05) is 24.6 Å². The predicted octanol–water partition coefficient (Wildman–Crippen LogP) is 1.40. The summed E-state index contributed by atoms with van der Waals surface area (Å²) in [6.07, 6.45) is 0.374. The van der Waals surface area contributed by atoms with Gasteiger partial charge in [-0.05, 0) is 37.6 Å². The number of sulfonamides is 1. The summed E-state index contributed by atoms with van der Waals surface area (Å²) in [4.78, 5) is 24.4. The average molecular weight is 372 g/mol. The third kappa shape index (κ3) is 4.16. The SMILES string of the molecule is CCC(C)NS(=O)(=O)c1ccc(C(=O)N2CCC(F)(C(=O)O)C2)cc1. The first-order valence-electron chi connectivity index (χ1n) is 7.93. The number of alkyl halides is 1. The number of carbonyl (C=O) groups is 2. The van der Waals surface area contributed by atoms with Crippen LogP contribution >= 0.6 is 0 Å². The Hall–Kier alpha value is -2.00. The van der Waals surface area contributed by atoms with Gasteiger partial charge in [-0.15, -0.1) is 0 Å². The highest BCUT2D eigenvalue weighted by atomic mass is 32.2. The number of carboxylic acid groups (broad SMARTS) is 1. The molecule has 1 amide bonds. The number of halogens is 1. The molecular weight excluding hydrogens is 351 g/mol. The molecule has 1 aliphatic rings. The van der Waals surface area contributed by atoms with Gasteiger partial charge in [-0.25, -0.2) is 22.3 Å². The van der Waals surface area contributed by atoms with Crippen molar-refractivity contribution in [3.8, 4) is 0 Å². The third-order valence-electron chi connectivity index (χ3n) is 4.27. The standard InChI is InChI=1S/C16H21FN2O5S/c1-3-11(2)18-25(23,24)13-6-4-12(5-7-13)14(20)19-9-8-16(17,10-19)15(21)22/h4-7,11,18H,3,8-10H2,1-2H3,(H,21,22). The Labute approximate surface area is 145 Å². The zero-order chi connectivity index (χ0) is 18.8. The Morgan fingerprint density at radius 2 is 1.96 bits per heavy atom. The second kappa shape index (κ2) is 7.09. The summed E-state index contributed by atoms with van der Waals surface area (Å²) >= 11 is 0. The number of amides is 1. The number of aliphatic carboxylic acids is 1. The highest BCUT2D eigenvalue weighted by Crippen LogP contribution is 2.27. The second-order valence-electron chi connectivity index (χ2n) is 6.20. The molecule has 2 rings (SSSR count). The van der Waals surface area contributed by atoms with Gasteiger partial charge in [-0.2, -0.15) is 0 Å². The van der Waals surface area contributed by atoms with Crippen LogP contribution in [0.1, 0.15) is 37.0 Å². The van der Waals surface area contributed by atoms with Crippen molar-refractivity contribution in [3.63, 3.8) is 0 Å². The monoisotopic (exact) mass is 372 g/mol. The lowest BCUT2D eigenvalue weighted by molar-refractivity contribution is -0.149. The molecule has 1 fully saturated rings. The molecule has 25 heavy (non-hydrogen) atoms. The quantitative estimate of drug-likeness (QED) is 0.786. The predicted molar refractivity (Wildman–Crippen MR) is 88.5 cm³/mol. The maximum atomic E-state index is 14.1. The van der Waals surface area contributed by atoms with E-state index in [1.54, 1.807) is 6.92 Å². The van der Waals surface area contributed by atoms with E-state index in [0.717, 1.165) is 4.90 Å². The highest BCUT2D eigenvalue weighted by molar-refractivity contribution is 7.89. The summed E-state index contributed by atoms with van der Waals surface area (Å²) in [6.45, 7) is 3.08. The molecule has 0 spiro atoms. The molecule has 9 heteroatoms. The normalized spacial score (nSPS) is 22.0. The minimum absolute atomic E-state index is 0.00272. The van der Waals surface area contributed by atoms with Crippen molar-refractivity contribution in [2.24, 2.45) is 0 Å². The number of carboxylic acids is 1. The third-order valence-corrected chi connectivity index (χ3v) is 5.88. The van der Waals surface area contributed by atoms with Gasteiger partial charge in [0.25, 0.3) is 5.91 Å². The number of hydrogen-bond acceptors (Lipinski definition) is 4. The van der Waals surface area contributed by atoms with Crippen LogP contribution in [0.2, 0.25) is 0 Å².